The molecule has 0 amide bonds. The van der Waals surface area contributed by atoms with E-state index in [2.05, 4.69) is 15.5 Å². The van der Waals surface area contributed by atoms with Crippen LogP contribution in [0, 0.1) is 0 Å². The van der Waals surface area contributed by atoms with Crippen LogP contribution in [0.4, 0.5) is 0 Å². The molecule has 0 atom stereocenters. The first-order valence-electron chi connectivity index (χ1n) is 5.93. The molecule has 1 N–H and O–H groups in total. The first-order valence-corrected chi connectivity index (χ1v) is 5.93. The molecule has 0 bridgehead atoms. The van der Waals surface area contributed by atoms with E-state index < -0.39 is 0 Å². The first kappa shape index (κ1) is 9.85. The van der Waals surface area contributed by atoms with E-state index in [4.69, 9.17) is 8.94 Å². The number of rotatable bonds is 2. The molecule has 1 aromatic carbocycles. The van der Waals surface area contributed by atoms with Gasteiger partial charge in [0.25, 0.3) is 0 Å². The Morgan fingerprint density at radius 1 is 1.22 bits per heavy atom. The Labute approximate surface area is 103 Å². The highest BCUT2D eigenvalue weighted by Crippen LogP contribution is 2.27. The quantitative estimate of drug-likeness (QED) is 0.744. The van der Waals surface area contributed by atoms with Gasteiger partial charge >= 0.3 is 0 Å². The highest BCUT2D eigenvalue weighted by atomic mass is 16.5. The monoisotopic (exact) mass is 241 g/mol. The number of hydrogen-bond acceptors (Lipinski definition) is 5. The smallest absolute Gasteiger partial charge is 0.238 e. The lowest BCUT2D eigenvalue weighted by Crippen LogP contribution is -2.40. The summed E-state index contributed by atoms with van der Waals surface area (Å²) in [4.78, 5) is 4.39. The molecule has 5 heteroatoms. The number of aromatic nitrogens is 2. The van der Waals surface area contributed by atoms with Gasteiger partial charge in [0, 0.05) is 18.5 Å². The first-order chi connectivity index (χ1) is 8.90. The molecule has 18 heavy (non-hydrogen) atoms. The summed E-state index contributed by atoms with van der Waals surface area (Å²) in [5.74, 6) is 2.20. The van der Waals surface area contributed by atoms with Gasteiger partial charge in [0.1, 0.15) is 5.58 Å². The Hall–Kier alpha value is -2.14. The Kier molecular flexibility index (Phi) is 2.01. The minimum absolute atomic E-state index is 0.343. The number of para-hydroxylation sites is 1. The van der Waals surface area contributed by atoms with Crippen molar-refractivity contribution in [1.29, 1.82) is 0 Å². The van der Waals surface area contributed by atoms with Gasteiger partial charge in [0.15, 0.2) is 5.76 Å². The van der Waals surface area contributed by atoms with Crippen LogP contribution < -0.4 is 5.32 Å². The normalized spacial score (nSPS) is 16.0. The highest BCUT2D eigenvalue weighted by Gasteiger charge is 2.25. The lowest BCUT2D eigenvalue weighted by Gasteiger charge is -2.22. The topological polar surface area (TPSA) is 64.1 Å². The SMILES string of the molecule is c1ccc2oc(-c3noc(C4CNC4)n3)cc2c1. The zero-order valence-electron chi connectivity index (χ0n) is 9.59. The summed E-state index contributed by atoms with van der Waals surface area (Å²) in [6.45, 7) is 1.81. The molecule has 0 spiro atoms. The maximum Gasteiger partial charge on any atom is 0.238 e. The predicted molar refractivity (Wildman–Crippen MR) is 65.1 cm³/mol. The van der Waals surface area contributed by atoms with Crippen LogP contribution >= 0.6 is 0 Å². The molecule has 2 aromatic heterocycles. The van der Waals surface area contributed by atoms with Crippen LogP contribution in [-0.2, 0) is 0 Å². The number of fused-ring (bicyclic) bond motifs is 1. The third-order valence-electron chi connectivity index (χ3n) is 3.22. The van der Waals surface area contributed by atoms with Crippen molar-refractivity contribution < 1.29 is 8.94 Å². The van der Waals surface area contributed by atoms with E-state index >= 15 is 0 Å². The van der Waals surface area contributed by atoms with Crippen molar-refractivity contribution >= 4 is 11.0 Å². The van der Waals surface area contributed by atoms with Crippen LogP contribution in [0.2, 0.25) is 0 Å². The molecule has 1 aliphatic rings. The summed E-state index contributed by atoms with van der Waals surface area (Å²) in [6.07, 6.45) is 0. The summed E-state index contributed by atoms with van der Waals surface area (Å²) in [6, 6.07) is 9.78. The zero-order valence-corrected chi connectivity index (χ0v) is 9.59. The van der Waals surface area contributed by atoms with E-state index in [1.54, 1.807) is 0 Å². The minimum atomic E-state index is 0.343. The van der Waals surface area contributed by atoms with Crippen molar-refractivity contribution in [2.24, 2.45) is 0 Å². The van der Waals surface area contributed by atoms with Crippen molar-refractivity contribution in [1.82, 2.24) is 15.5 Å². The minimum Gasteiger partial charge on any atom is -0.453 e. The van der Waals surface area contributed by atoms with Crippen molar-refractivity contribution in [3.05, 3.63) is 36.2 Å². The second-order valence-electron chi connectivity index (χ2n) is 4.46. The van der Waals surface area contributed by atoms with Crippen molar-refractivity contribution in [3.8, 4) is 11.6 Å². The summed E-state index contributed by atoms with van der Waals surface area (Å²) >= 11 is 0. The Bertz CT molecular complexity index is 664. The third-order valence-corrected chi connectivity index (χ3v) is 3.22. The number of hydrogen-bond donors (Lipinski definition) is 1. The second-order valence-corrected chi connectivity index (χ2v) is 4.46. The molecule has 0 unspecified atom stereocenters. The lowest BCUT2D eigenvalue weighted by atomic mass is 10.0. The molecule has 1 aliphatic heterocycles. The number of nitrogens with one attached hydrogen (secondary N) is 1. The van der Waals surface area contributed by atoms with Gasteiger partial charge < -0.3 is 14.3 Å². The highest BCUT2D eigenvalue weighted by molar-refractivity contribution is 5.81. The molecule has 3 aromatic rings. The van der Waals surface area contributed by atoms with Gasteiger partial charge in [-0.25, -0.2) is 0 Å². The maximum atomic E-state index is 5.70. The Morgan fingerprint density at radius 3 is 2.89 bits per heavy atom. The molecule has 3 heterocycles. The molecule has 0 aliphatic carbocycles. The van der Waals surface area contributed by atoms with Crippen LogP contribution in [-0.4, -0.2) is 23.2 Å². The van der Waals surface area contributed by atoms with E-state index in [0.29, 0.717) is 23.4 Å². The number of benzene rings is 1. The average molecular weight is 241 g/mol. The number of nitrogens with zero attached hydrogens (tertiary/aromatic N) is 2. The Morgan fingerprint density at radius 2 is 2.11 bits per heavy atom. The van der Waals surface area contributed by atoms with Gasteiger partial charge in [-0.1, -0.05) is 23.4 Å². The van der Waals surface area contributed by atoms with Crippen LogP contribution in [0.3, 0.4) is 0 Å². The second kappa shape index (κ2) is 3.68. The summed E-state index contributed by atoms with van der Waals surface area (Å²) in [5.41, 5.74) is 0.837. The van der Waals surface area contributed by atoms with Gasteiger partial charge in [-0.15, -0.1) is 0 Å². The van der Waals surface area contributed by atoms with Gasteiger partial charge in [0.05, 0.1) is 5.92 Å². The van der Waals surface area contributed by atoms with E-state index in [9.17, 15) is 0 Å². The molecular weight excluding hydrogens is 230 g/mol. The van der Waals surface area contributed by atoms with Crippen LogP contribution in [0.15, 0.2) is 39.3 Å². The fourth-order valence-electron chi connectivity index (χ4n) is 2.06. The largest absolute Gasteiger partial charge is 0.453 e. The summed E-state index contributed by atoms with van der Waals surface area (Å²) in [7, 11) is 0. The maximum absolute atomic E-state index is 5.70. The van der Waals surface area contributed by atoms with Crippen molar-refractivity contribution in [3.63, 3.8) is 0 Å². The lowest BCUT2D eigenvalue weighted by molar-refractivity contribution is 0.308. The fraction of sp³-hybridized carbons (Fsp3) is 0.231. The van der Waals surface area contributed by atoms with Crippen LogP contribution in [0.25, 0.3) is 22.6 Å². The molecule has 4 rings (SSSR count). The van der Waals surface area contributed by atoms with Crippen LogP contribution in [0.5, 0.6) is 0 Å². The van der Waals surface area contributed by atoms with Gasteiger partial charge in [-0.3, -0.25) is 0 Å². The van der Waals surface area contributed by atoms with Gasteiger partial charge in [0.2, 0.25) is 11.7 Å². The van der Waals surface area contributed by atoms with Crippen molar-refractivity contribution in [2.45, 2.75) is 5.92 Å². The third kappa shape index (κ3) is 1.44. The summed E-state index contributed by atoms with van der Waals surface area (Å²) in [5, 5.41) is 8.20. The fourth-order valence-corrected chi connectivity index (χ4v) is 2.06. The van der Waals surface area contributed by atoms with Crippen molar-refractivity contribution in [2.75, 3.05) is 13.1 Å². The van der Waals surface area contributed by atoms with Crippen LogP contribution in [0.1, 0.15) is 11.8 Å². The molecule has 5 nitrogen and oxygen atoms in total. The number of furan rings is 1. The molecule has 1 fully saturated rings. The van der Waals surface area contributed by atoms with E-state index in [1.807, 2.05) is 30.3 Å². The molecular formula is C13H11N3O2. The molecule has 1 saturated heterocycles. The van der Waals surface area contributed by atoms with Gasteiger partial charge in [-0.05, 0) is 12.1 Å². The molecule has 90 valence electrons. The molecule has 0 saturated carbocycles. The average Bonchev–Trinajstić information content (AvgIpc) is 2.91. The standard InChI is InChI=1S/C13H11N3O2/c1-2-4-10-8(3-1)5-11(17-10)12-15-13(18-16-12)9-6-14-7-9/h1-5,9,14H,6-7H2. The van der Waals surface area contributed by atoms with Gasteiger partial charge in [-0.2, -0.15) is 4.98 Å². The predicted octanol–water partition coefficient (Wildman–Crippen LogP) is 2.17. The molecule has 0 radical (unpaired) electrons. The van der Waals surface area contributed by atoms with E-state index in [-0.39, 0.29) is 0 Å². The van der Waals surface area contributed by atoms with E-state index in [1.165, 1.54) is 0 Å². The Balaban J connectivity index is 1.74. The summed E-state index contributed by atoms with van der Waals surface area (Å²) < 4.78 is 11.0. The van der Waals surface area contributed by atoms with E-state index in [0.717, 1.165) is 24.1 Å². The zero-order chi connectivity index (χ0) is 11.9.